The van der Waals surface area contributed by atoms with Crippen LogP contribution < -0.4 is 0 Å². The Morgan fingerprint density at radius 1 is 1.40 bits per heavy atom. The highest BCUT2D eigenvalue weighted by molar-refractivity contribution is 5.76. The zero-order chi connectivity index (χ0) is 14.4. The number of morpholine rings is 1. The number of aryl methyl sites for hydroxylation is 1. The summed E-state index contributed by atoms with van der Waals surface area (Å²) < 4.78 is 5.45. The molecular weight excluding hydrogens is 254 g/mol. The first-order valence-corrected chi connectivity index (χ1v) is 7.26. The third-order valence-corrected chi connectivity index (χ3v) is 3.73. The summed E-state index contributed by atoms with van der Waals surface area (Å²) in [6.45, 7) is 2.97. The van der Waals surface area contributed by atoms with Crippen molar-refractivity contribution in [1.82, 2.24) is 4.90 Å². The third-order valence-electron chi connectivity index (χ3n) is 3.73. The van der Waals surface area contributed by atoms with E-state index in [0.29, 0.717) is 19.6 Å². The molecule has 2 rings (SSSR count). The molecule has 1 aromatic rings. The summed E-state index contributed by atoms with van der Waals surface area (Å²) in [6, 6.07) is 10.3. The molecule has 0 aromatic heterocycles. The van der Waals surface area contributed by atoms with Crippen LogP contribution in [0.1, 0.15) is 25.3 Å². The number of ether oxygens (including phenoxy) is 1. The second-order valence-electron chi connectivity index (χ2n) is 5.37. The Kier molecular flexibility index (Phi) is 5.56. The molecule has 1 heterocycles. The molecule has 1 aromatic carbocycles. The molecule has 1 aliphatic rings. The second kappa shape index (κ2) is 7.41. The van der Waals surface area contributed by atoms with Crippen molar-refractivity contribution < 1.29 is 14.6 Å². The van der Waals surface area contributed by atoms with Crippen LogP contribution in [0.2, 0.25) is 0 Å². The Morgan fingerprint density at radius 2 is 2.15 bits per heavy atom. The maximum Gasteiger partial charge on any atom is 0.222 e. The van der Waals surface area contributed by atoms with Gasteiger partial charge in [0.2, 0.25) is 5.91 Å². The monoisotopic (exact) mass is 277 g/mol. The molecule has 0 spiro atoms. The van der Waals surface area contributed by atoms with Crippen LogP contribution in [0.4, 0.5) is 0 Å². The van der Waals surface area contributed by atoms with Crippen molar-refractivity contribution in [1.29, 1.82) is 0 Å². The van der Waals surface area contributed by atoms with Gasteiger partial charge < -0.3 is 14.7 Å². The molecule has 0 saturated carbocycles. The minimum absolute atomic E-state index is 0.0273. The van der Waals surface area contributed by atoms with Gasteiger partial charge in [-0.05, 0) is 25.3 Å². The van der Waals surface area contributed by atoms with Gasteiger partial charge in [0.05, 0.1) is 25.4 Å². The lowest BCUT2D eigenvalue weighted by Crippen LogP contribution is -2.52. The highest BCUT2D eigenvalue weighted by Gasteiger charge is 2.28. The topological polar surface area (TPSA) is 49.8 Å². The quantitative estimate of drug-likeness (QED) is 0.889. The molecule has 110 valence electrons. The molecule has 1 N–H and O–H groups in total. The SMILES string of the molecule is CC1COC(CO)CN1C(=O)CCCc1ccccc1. The number of carbonyl (C=O) groups is 1. The Bertz CT molecular complexity index is 421. The fraction of sp³-hybridized carbons (Fsp3) is 0.562. The first kappa shape index (κ1) is 15.0. The normalized spacial score (nSPS) is 22.8. The van der Waals surface area contributed by atoms with Crippen molar-refractivity contribution >= 4 is 5.91 Å². The summed E-state index contributed by atoms with van der Waals surface area (Å²) in [5, 5.41) is 9.14. The summed E-state index contributed by atoms with van der Waals surface area (Å²) in [4.78, 5) is 14.1. The molecule has 1 saturated heterocycles. The molecule has 4 heteroatoms. The average Bonchev–Trinajstić information content (AvgIpc) is 2.48. The van der Waals surface area contributed by atoms with Crippen molar-refractivity contribution in [3.05, 3.63) is 35.9 Å². The summed E-state index contributed by atoms with van der Waals surface area (Å²) in [7, 11) is 0. The van der Waals surface area contributed by atoms with E-state index in [-0.39, 0.29) is 24.7 Å². The fourth-order valence-corrected chi connectivity index (χ4v) is 2.51. The van der Waals surface area contributed by atoms with Crippen molar-refractivity contribution in [2.24, 2.45) is 0 Å². The maximum atomic E-state index is 12.2. The number of rotatable bonds is 5. The number of benzene rings is 1. The lowest BCUT2D eigenvalue weighted by atomic mass is 10.1. The standard InChI is InChI=1S/C16H23NO3/c1-13-12-20-15(11-18)10-17(13)16(19)9-5-8-14-6-3-2-4-7-14/h2-4,6-7,13,15,18H,5,8-12H2,1H3. The van der Waals surface area contributed by atoms with E-state index in [2.05, 4.69) is 12.1 Å². The van der Waals surface area contributed by atoms with Gasteiger partial charge in [0.25, 0.3) is 0 Å². The van der Waals surface area contributed by atoms with Gasteiger partial charge in [0.1, 0.15) is 0 Å². The molecule has 4 nitrogen and oxygen atoms in total. The van der Waals surface area contributed by atoms with Crippen LogP contribution in [0.15, 0.2) is 30.3 Å². The summed E-state index contributed by atoms with van der Waals surface area (Å²) >= 11 is 0. The zero-order valence-corrected chi connectivity index (χ0v) is 12.0. The van der Waals surface area contributed by atoms with Gasteiger partial charge >= 0.3 is 0 Å². The van der Waals surface area contributed by atoms with Crippen LogP contribution in [0.3, 0.4) is 0 Å². The predicted molar refractivity (Wildman–Crippen MR) is 77.4 cm³/mol. The van der Waals surface area contributed by atoms with Crippen LogP contribution in [0.5, 0.6) is 0 Å². The molecule has 2 atom stereocenters. The number of aliphatic hydroxyl groups is 1. The van der Waals surface area contributed by atoms with Crippen molar-refractivity contribution in [3.63, 3.8) is 0 Å². The molecule has 1 amide bonds. The van der Waals surface area contributed by atoms with Crippen LogP contribution in [-0.2, 0) is 16.0 Å². The highest BCUT2D eigenvalue weighted by atomic mass is 16.5. The van der Waals surface area contributed by atoms with Crippen LogP contribution in [0, 0.1) is 0 Å². The first-order chi connectivity index (χ1) is 9.70. The molecular formula is C16H23NO3. The number of hydrogen-bond acceptors (Lipinski definition) is 3. The molecule has 20 heavy (non-hydrogen) atoms. The minimum atomic E-state index is -0.232. The molecule has 1 fully saturated rings. The smallest absolute Gasteiger partial charge is 0.222 e. The van der Waals surface area contributed by atoms with E-state index in [1.807, 2.05) is 30.0 Å². The van der Waals surface area contributed by atoms with E-state index >= 15 is 0 Å². The average molecular weight is 277 g/mol. The number of hydrogen-bond donors (Lipinski definition) is 1. The van der Waals surface area contributed by atoms with Gasteiger partial charge in [-0.25, -0.2) is 0 Å². The van der Waals surface area contributed by atoms with E-state index in [4.69, 9.17) is 9.84 Å². The first-order valence-electron chi connectivity index (χ1n) is 7.26. The molecule has 0 bridgehead atoms. The van der Waals surface area contributed by atoms with Crippen molar-refractivity contribution in [2.45, 2.75) is 38.3 Å². The van der Waals surface area contributed by atoms with Crippen LogP contribution in [0.25, 0.3) is 0 Å². The van der Waals surface area contributed by atoms with E-state index in [0.717, 1.165) is 12.8 Å². The van der Waals surface area contributed by atoms with Gasteiger partial charge in [0, 0.05) is 13.0 Å². The van der Waals surface area contributed by atoms with Crippen molar-refractivity contribution in [3.8, 4) is 0 Å². The lowest BCUT2D eigenvalue weighted by Gasteiger charge is -2.37. The van der Waals surface area contributed by atoms with E-state index in [1.165, 1.54) is 5.56 Å². The largest absolute Gasteiger partial charge is 0.394 e. The number of amides is 1. The Balaban J connectivity index is 1.79. The predicted octanol–water partition coefficient (Wildman–Crippen LogP) is 1.62. The van der Waals surface area contributed by atoms with E-state index < -0.39 is 0 Å². The molecule has 2 unspecified atom stereocenters. The maximum absolute atomic E-state index is 12.2. The van der Waals surface area contributed by atoms with Gasteiger partial charge in [-0.3, -0.25) is 4.79 Å². The number of carbonyl (C=O) groups excluding carboxylic acids is 1. The molecule has 0 radical (unpaired) electrons. The zero-order valence-electron chi connectivity index (χ0n) is 12.0. The minimum Gasteiger partial charge on any atom is -0.394 e. The van der Waals surface area contributed by atoms with Crippen LogP contribution in [-0.4, -0.2) is 47.8 Å². The van der Waals surface area contributed by atoms with E-state index in [1.54, 1.807) is 0 Å². The van der Waals surface area contributed by atoms with Gasteiger partial charge in [0.15, 0.2) is 0 Å². The summed E-state index contributed by atoms with van der Waals surface area (Å²) in [5.41, 5.74) is 1.27. The van der Waals surface area contributed by atoms with E-state index in [9.17, 15) is 4.79 Å². The summed E-state index contributed by atoms with van der Waals surface area (Å²) in [6.07, 6.45) is 2.10. The Morgan fingerprint density at radius 3 is 2.85 bits per heavy atom. The summed E-state index contributed by atoms with van der Waals surface area (Å²) in [5.74, 6) is 0.162. The van der Waals surface area contributed by atoms with Gasteiger partial charge in [-0.1, -0.05) is 30.3 Å². The molecule has 1 aliphatic heterocycles. The number of nitrogens with zero attached hydrogens (tertiary/aromatic N) is 1. The Hall–Kier alpha value is -1.39. The third kappa shape index (κ3) is 4.05. The highest BCUT2D eigenvalue weighted by Crippen LogP contribution is 2.14. The lowest BCUT2D eigenvalue weighted by molar-refractivity contribution is -0.146. The Labute approximate surface area is 120 Å². The number of aliphatic hydroxyl groups excluding tert-OH is 1. The fourth-order valence-electron chi connectivity index (χ4n) is 2.51. The van der Waals surface area contributed by atoms with Gasteiger partial charge in [-0.2, -0.15) is 0 Å². The van der Waals surface area contributed by atoms with Crippen molar-refractivity contribution in [2.75, 3.05) is 19.8 Å². The van der Waals surface area contributed by atoms with Gasteiger partial charge in [-0.15, -0.1) is 0 Å². The molecule has 0 aliphatic carbocycles. The van der Waals surface area contributed by atoms with Crippen LogP contribution >= 0.6 is 0 Å². The second-order valence-corrected chi connectivity index (χ2v) is 5.37.